The Morgan fingerprint density at radius 2 is 0.909 bits per heavy atom. The Balaban J connectivity index is 0.00000166. The molecule has 8 nitrogen and oxygen atoms in total. The summed E-state index contributed by atoms with van der Waals surface area (Å²) in [6.45, 7) is 12.1. The van der Waals surface area contributed by atoms with Crippen molar-refractivity contribution in [2.24, 2.45) is 11.3 Å². The highest BCUT2D eigenvalue weighted by Crippen LogP contribution is 2.44. The largest absolute Gasteiger partial charge is 0.325 e. The Bertz CT molecular complexity index is 2390. The van der Waals surface area contributed by atoms with Gasteiger partial charge in [-0.15, -0.1) is 0 Å². The lowest BCUT2D eigenvalue weighted by Gasteiger charge is -2.28. The lowest BCUT2D eigenvalue weighted by Crippen LogP contribution is -2.33. The van der Waals surface area contributed by atoms with Gasteiger partial charge in [0.05, 0.1) is 22.5 Å². The zero-order valence-corrected chi connectivity index (χ0v) is 32.0. The fourth-order valence-electron chi connectivity index (χ4n) is 6.94. The summed E-state index contributed by atoms with van der Waals surface area (Å²) in [5, 5.41) is 5.77. The Morgan fingerprint density at radius 1 is 0.527 bits per heavy atom. The molecule has 7 rings (SSSR count). The number of carbonyl (C=O) groups excluding carboxylic acids is 6. The van der Waals surface area contributed by atoms with E-state index >= 15 is 0 Å². The van der Waals surface area contributed by atoms with Crippen molar-refractivity contribution in [3.63, 3.8) is 0 Å². The van der Waals surface area contributed by atoms with E-state index in [1.807, 2.05) is 13.8 Å². The molecule has 0 radical (unpaired) electrons. The van der Waals surface area contributed by atoms with Gasteiger partial charge in [-0.05, 0) is 54.2 Å². The van der Waals surface area contributed by atoms with Crippen LogP contribution in [0.15, 0.2) is 103 Å². The first-order chi connectivity index (χ1) is 26.3. The number of carbonyl (C=O) groups is 6. The number of nitrogens with one attached hydrogen (secondary N) is 2. The number of rotatable bonds is 8. The van der Waals surface area contributed by atoms with Crippen LogP contribution in [0.3, 0.4) is 0 Å². The van der Waals surface area contributed by atoms with Gasteiger partial charge in [-0.2, -0.15) is 0 Å². The summed E-state index contributed by atoms with van der Waals surface area (Å²) in [6, 6.07) is 27.7. The minimum atomic E-state index is -0.769. The summed E-state index contributed by atoms with van der Waals surface area (Å²) in [5.74, 6) is -2.22. The summed E-state index contributed by atoms with van der Waals surface area (Å²) in [6.07, 6.45) is 2.69. The van der Waals surface area contributed by atoms with E-state index in [-0.39, 0.29) is 72.9 Å². The van der Waals surface area contributed by atoms with Gasteiger partial charge in [0, 0.05) is 44.4 Å². The van der Waals surface area contributed by atoms with Crippen LogP contribution in [0.1, 0.15) is 135 Å². The molecule has 5 aromatic rings. The highest BCUT2D eigenvalue weighted by atomic mass is 16.2. The molecular weight excluding hydrogens is 689 g/mol. The van der Waals surface area contributed by atoms with Crippen LogP contribution in [-0.2, 0) is 4.79 Å². The van der Waals surface area contributed by atoms with Gasteiger partial charge in [0.1, 0.15) is 0 Å². The fourth-order valence-corrected chi connectivity index (χ4v) is 6.94. The molecule has 8 heteroatoms. The minimum absolute atomic E-state index is 0.00229. The first-order valence-electron chi connectivity index (χ1n) is 18.7. The number of hydrogen-bond donors (Lipinski definition) is 2. The topological polar surface area (TPSA) is 126 Å². The summed E-state index contributed by atoms with van der Waals surface area (Å²) < 4.78 is 0. The molecule has 278 valence electrons. The monoisotopic (exact) mass is 732 g/mol. The van der Waals surface area contributed by atoms with Gasteiger partial charge in [-0.25, -0.2) is 0 Å². The van der Waals surface area contributed by atoms with Crippen LogP contribution < -0.4 is 10.6 Å². The van der Waals surface area contributed by atoms with Crippen LogP contribution in [0.2, 0.25) is 0 Å². The van der Waals surface area contributed by atoms with Crippen LogP contribution >= 0.6 is 0 Å². The molecule has 0 bridgehead atoms. The molecule has 0 heterocycles. The normalized spacial score (nSPS) is 12.9. The van der Waals surface area contributed by atoms with Crippen molar-refractivity contribution in [1.82, 2.24) is 0 Å². The van der Waals surface area contributed by atoms with E-state index in [1.54, 1.807) is 97.1 Å². The molecule has 2 aliphatic carbocycles. The molecule has 0 atom stereocenters. The summed E-state index contributed by atoms with van der Waals surface area (Å²) in [7, 11) is 0. The minimum Gasteiger partial charge on any atom is -0.325 e. The smallest absolute Gasteiger partial charge is 0.255 e. The molecule has 0 fully saturated rings. The summed E-state index contributed by atoms with van der Waals surface area (Å²) in [5.41, 5.74) is 1.18. The van der Waals surface area contributed by atoms with Crippen LogP contribution in [0, 0.1) is 11.3 Å². The van der Waals surface area contributed by atoms with Crippen molar-refractivity contribution in [3.8, 4) is 11.1 Å². The molecule has 0 aliphatic heterocycles. The molecule has 2 aliphatic rings. The van der Waals surface area contributed by atoms with Gasteiger partial charge in [0.15, 0.2) is 23.1 Å². The Kier molecular flexibility index (Phi) is 10.9. The zero-order valence-electron chi connectivity index (χ0n) is 32.0. The van der Waals surface area contributed by atoms with E-state index in [2.05, 4.69) is 38.3 Å². The molecule has 2 amide bonds. The predicted octanol–water partition coefficient (Wildman–Crippen LogP) is 9.97. The lowest BCUT2D eigenvalue weighted by atomic mass is 9.75. The summed E-state index contributed by atoms with van der Waals surface area (Å²) >= 11 is 0. The van der Waals surface area contributed by atoms with Crippen molar-refractivity contribution < 1.29 is 28.8 Å². The van der Waals surface area contributed by atoms with Crippen LogP contribution in [0.5, 0.6) is 0 Å². The number of hydrogen-bond acceptors (Lipinski definition) is 6. The lowest BCUT2D eigenvalue weighted by molar-refractivity contribution is -0.124. The number of amides is 2. The number of benzene rings is 5. The maximum atomic E-state index is 14.5. The Morgan fingerprint density at radius 3 is 1.33 bits per heavy atom. The third-order valence-electron chi connectivity index (χ3n) is 9.94. The van der Waals surface area contributed by atoms with Crippen molar-refractivity contribution >= 4 is 46.3 Å². The fraction of sp³-hybridized carbons (Fsp3) is 0.234. The van der Waals surface area contributed by atoms with Gasteiger partial charge in [0.25, 0.3) is 5.91 Å². The van der Waals surface area contributed by atoms with Crippen molar-refractivity contribution in [3.05, 3.63) is 153 Å². The first-order valence-corrected chi connectivity index (χ1v) is 18.7. The maximum Gasteiger partial charge on any atom is 0.255 e. The molecule has 0 unspecified atom stereocenters. The van der Waals surface area contributed by atoms with Crippen molar-refractivity contribution in [1.29, 1.82) is 0 Å². The molecule has 0 spiro atoms. The molecular formula is C47H44N2O6. The van der Waals surface area contributed by atoms with Crippen LogP contribution in [0.4, 0.5) is 11.4 Å². The second-order valence-corrected chi connectivity index (χ2v) is 15.0. The van der Waals surface area contributed by atoms with Gasteiger partial charge < -0.3 is 10.6 Å². The maximum absolute atomic E-state index is 14.5. The second-order valence-electron chi connectivity index (χ2n) is 15.0. The van der Waals surface area contributed by atoms with Crippen LogP contribution in [0.25, 0.3) is 11.1 Å². The van der Waals surface area contributed by atoms with E-state index in [0.717, 1.165) is 6.42 Å². The molecule has 2 N–H and O–H groups in total. The van der Waals surface area contributed by atoms with E-state index in [4.69, 9.17) is 0 Å². The average Bonchev–Trinajstić information content (AvgIpc) is 3.18. The summed E-state index contributed by atoms with van der Waals surface area (Å²) in [4.78, 5) is 84.5. The SMILES string of the molecule is CC(C)CCC(C)(C)C(=O)Nc1ccc(-c2ccc(NC(=O)c3ccccc3)c3c2C(=O)c2ccccc2C3=O)c2c1C(=O)c1ccccc1C2=O.CCC. The van der Waals surface area contributed by atoms with Crippen molar-refractivity contribution in [2.75, 3.05) is 10.6 Å². The number of fused-ring (bicyclic) bond motifs is 4. The zero-order chi connectivity index (χ0) is 39.6. The standard InChI is InChI=1S/C44H36N2O6.C3H8/c1-24(2)22-23-44(3,4)43(52)46-33-21-19-27(35-37(33)41(50)31-17-11-9-15-29(31)39(35)48)26-18-20-32(45-42(51)25-12-6-5-7-13-25)36-34(26)38(47)28-14-8-10-16-30(28)40(36)49;1-3-2/h5-21,24H,22-23H2,1-4H3,(H,45,51)(H,46,52);3H2,1-2H3. The number of anilines is 2. The Hall–Kier alpha value is -6.28. The second kappa shape index (κ2) is 15.6. The van der Waals surface area contributed by atoms with E-state index in [9.17, 15) is 28.8 Å². The highest BCUT2D eigenvalue weighted by Gasteiger charge is 2.39. The molecule has 0 saturated heterocycles. The molecule has 5 aromatic carbocycles. The van der Waals surface area contributed by atoms with Gasteiger partial charge >= 0.3 is 0 Å². The first kappa shape index (κ1) is 38.4. The van der Waals surface area contributed by atoms with Gasteiger partial charge in [-0.3, -0.25) is 28.8 Å². The predicted molar refractivity (Wildman–Crippen MR) is 215 cm³/mol. The van der Waals surface area contributed by atoms with E-state index in [1.165, 1.54) is 12.5 Å². The average molecular weight is 733 g/mol. The highest BCUT2D eigenvalue weighted by molar-refractivity contribution is 6.35. The van der Waals surface area contributed by atoms with Gasteiger partial charge in [0.2, 0.25) is 5.91 Å². The molecule has 0 aromatic heterocycles. The van der Waals surface area contributed by atoms with E-state index < -0.39 is 34.5 Å². The third-order valence-corrected chi connectivity index (χ3v) is 9.94. The number of ketones is 4. The van der Waals surface area contributed by atoms with E-state index in [0.29, 0.717) is 17.9 Å². The van der Waals surface area contributed by atoms with Crippen LogP contribution in [-0.4, -0.2) is 34.9 Å². The third kappa shape index (κ3) is 7.20. The Labute approximate surface area is 321 Å². The van der Waals surface area contributed by atoms with Crippen molar-refractivity contribution in [2.45, 2.75) is 60.8 Å². The molecule has 0 saturated carbocycles. The quantitative estimate of drug-likeness (QED) is 0.160. The molecule has 55 heavy (non-hydrogen) atoms. The van der Waals surface area contributed by atoms with Gasteiger partial charge in [-0.1, -0.05) is 127 Å².